The second-order valence-electron chi connectivity index (χ2n) is 5.74. The van der Waals surface area contributed by atoms with Crippen LogP contribution in [0.25, 0.3) is 0 Å². The molecule has 5 nitrogen and oxygen atoms in total. The summed E-state index contributed by atoms with van der Waals surface area (Å²) in [6.07, 6.45) is -2.64. The average Bonchev–Trinajstić information content (AvgIpc) is 2.60. The van der Waals surface area contributed by atoms with Gasteiger partial charge in [0, 0.05) is 25.7 Å². The number of guanidine groups is 1. The van der Waals surface area contributed by atoms with E-state index < -0.39 is 6.36 Å². The molecular formula is C18H29F3N4O. The molecule has 0 atom stereocenters. The highest BCUT2D eigenvalue weighted by Gasteiger charge is 2.31. The van der Waals surface area contributed by atoms with Gasteiger partial charge in [-0.2, -0.15) is 0 Å². The molecule has 0 radical (unpaired) electrons. The average molecular weight is 374 g/mol. The van der Waals surface area contributed by atoms with Crippen LogP contribution in [0, 0.1) is 0 Å². The van der Waals surface area contributed by atoms with Crippen molar-refractivity contribution >= 4 is 5.96 Å². The van der Waals surface area contributed by atoms with Gasteiger partial charge in [0.25, 0.3) is 0 Å². The van der Waals surface area contributed by atoms with Gasteiger partial charge in [-0.05, 0) is 38.5 Å². The number of halogens is 3. The van der Waals surface area contributed by atoms with Crippen LogP contribution in [0.4, 0.5) is 13.2 Å². The van der Waals surface area contributed by atoms with Gasteiger partial charge in [0.1, 0.15) is 5.75 Å². The molecule has 0 fully saturated rings. The number of nitrogens with one attached hydrogen (secondary N) is 2. The summed E-state index contributed by atoms with van der Waals surface area (Å²) in [5.74, 6) is 0.344. The number of hydrogen-bond donors (Lipinski definition) is 2. The number of alkyl halides is 3. The third-order valence-corrected chi connectivity index (χ3v) is 3.96. The molecule has 0 heterocycles. The maximum absolute atomic E-state index is 12.5. The monoisotopic (exact) mass is 374 g/mol. The van der Waals surface area contributed by atoms with Crippen LogP contribution in [0.3, 0.4) is 0 Å². The second kappa shape index (κ2) is 11.6. The van der Waals surface area contributed by atoms with Crippen molar-refractivity contribution in [3.8, 4) is 5.75 Å². The van der Waals surface area contributed by atoms with Gasteiger partial charge in [-0.25, -0.2) is 0 Å². The first-order valence-electron chi connectivity index (χ1n) is 8.90. The normalized spacial score (nSPS) is 12.3. The van der Waals surface area contributed by atoms with Gasteiger partial charge < -0.3 is 20.3 Å². The lowest BCUT2D eigenvalue weighted by Gasteiger charge is -2.18. The topological polar surface area (TPSA) is 48.9 Å². The maximum atomic E-state index is 12.5. The Bertz CT molecular complexity index is 545. The molecule has 2 N–H and O–H groups in total. The van der Waals surface area contributed by atoms with Gasteiger partial charge in [-0.3, -0.25) is 4.99 Å². The van der Waals surface area contributed by atoms with E-state index in [2.05, 4.69) is 39.1 Å². The Hall–Kier alpha value is -1.96. The molecule has 0 unspecified atom stereocenters. The van der Waals surface area contributed by atoms with Gasteiger partial charge in [0.2, 0.25) is 0 Å². The quantitative estimate of drug-likeness (QED) is 0.375. The Morgan fingerprint density at radius 1 is 1.12 bits per heavy atom. The summed E-state index contributed by atoms with van der Waals surface area (Å²) in [5.41, 5.74) is 0.411. The summed E-state index contributed by atoms with van der Waals surface area (Å²) in [6, 6.07) is 6.07. The van der Waals surface area contributed by atoms with Crippen LogP contribution < -0.4 is 15.4 Å². The van der Waals surface area contributed by atoms with Crippen molar-refractivity contribution in [2.75, 3.05) is 33.2 Å². The van der Waals surface area contributed by atoms with E-state index in [1.165, 1.54) is 12.1 Å². The number of aliphatic imine (C=N–C) groups is 1. The van der Waals surface area contributed by atoms with Gasteiger partial charge in [0.15, 0.2) is 5.96 Å². The molecule has 148 valence electrons. The number of rotatable bonds is 10. The van der Waals surface area contributed by atoms with Crippen LogP contribution in [-0.2, 0) is 6.54 Å². The molecule has 0 spiro atoms. The molecular weight excluding hydrogens is 345 g/mol. The molecule has 1 rings (SSSR count). The zero-order valence-electron chi connectivity index (χ0n) is 15.7. The van der Waals surface area contributed by atoms with Gasteiger partial charge >= 0.3 is 6.36 Å². The minimum absolute atomic E-state index is 0.186. The Kier molecular flexibility index (Phi) is 9.87. The molecule has 0 aliphatic heterocycles. The molecule has 1 aromatic rings. The summed E-state index contributed by atoms with van der Waals surface area (Å²) >= 11 is 0. The largest absolute Gasteiger partial charge is 0.573 e. The van der Waals surface area contributed by atoms with Gasteiger partial charge in [0.05, 0.1) is 0 Å². The third-order valence-electron chi connectivity index (χ3n) is 3.96. The molecule has 0 bridgehead atoms. The summed E-state index contributed by atoms with van der Waals surface area (Å²) in [6.45, 7) is 8.39. The first-order chi connectivity index (χ1) is 12.4. The summed E-state index contributed by atoms with van der Waals surface area (Å²) in [5, 5.41) is 6.19. The van der Waals surface area contributed by atoms with Crippen LogP contribution >= 0.6 is 0 Å². The molecule has 8 heteroatoms. The fourth-order valence-corrected chi connectivity index (χ4v) is 2.48. The lowest BCUT2D eigenvalue weighted by molar-refractivity contribution is -0.274. The summed E-state index contributed by atoms with van der Waals surface area (Å²) < 4.78 is 41.4. The third kappa shape index (κ3) is 8.94. The molecule has 0 saturated carbocycles. The predicted octanol–water partition coefficient (Wildman–Crippen LogP) is 3.37. The predicted molar refractivity (Wildman–Crippen MR) is 98.3 cm³/mol. The number of ether oxygens (including phenoxy) is 1. The fourth-order valence-electron chi connectivity index (χ4n) is 2.48. The minimum Gasteiger partial charge on any atom is -0.405 e. The molecule has 0 aromatic heterocycles. The van der Waals surface area contributed by atoms with Gasteiger partial charge in [-0.1, -0.05) is 32.0 Å². The molecule has 0 aliphatic carbocycles. The van der Waals surface area contributed by atoms with E-state index in [0.29, 0.717) is 11.5 Å². The number of unbranched alkanes of at least 4 members (excludes halogenated alkanes) is 1. The highest BCUT2D eigenvalue weighted by molar-refractivity contribution is 5.79. The standard InChI is InChI=1S/C18H29F3N4O/c1-4-25(5-2)13-9-8-12-23-17(22-3)24-14-15-10-6-7-11-16(15)26-18(19,20)21/h6-7,10-11H,4-5,8-9,12-14H2,1-3H3,(H2,22,23,24). The first-order valence-corrected chi connectivity index (χ1v) is 8.90. The highest BCUT2D eigenvalue weighted by Crippen LogP contribution is 2.25. The zero-order valence-corrected chi connectivity index (χ0v) is 15.7. The second-order valence-corrected chi connectivity index (χ2v) is 5.74. The summed E-state index contributed by atoms with van der Waals surface area (Å²) in [7, 11) is 1.63. The van der Waals surface area contributed by atoms with Crippen molar-refractivity contribution < 1.29 is 17.9 Å². The maximum Gasteiger partial charge on any atom is 0.573 e. The SMILES string of the molecule is CCN(CC)CCCCNC(=NC)NCc1ccccc1OC(F)(F)F. The van der Waals surface area contributed by atoms with Crippen LogP contribution in [0.5, 0.6) is 5.75 Å². The van der Waals surface area contributed by atoms with Crippen LogP contribution in [0.2, 0.25) is 0 Å². The van der Waals surface area contributed by atoms with Crippen molar-refractivity contribution in [1.29, 1.82) is 0 Å². The Balaban J connectivity index is 2.41. The van der Waals surface area contributed by atoms with Crippen molar-refractivity contribution in [1.82, 2.24) is 15.5 Å². The zero-order chi connectivity index (χ0) is 19.4. The Morgan fingerprint density at radius 2 is 1.81 bits per heavy atom. The molecule has 0 saturated heterocycles. The smallest absolute Gasteiger partial charge is 0.405 e. The molecule has 0 aliphatic rings. The lowest BCUT2D eigenvalue weighted by atomic mass is 10.2. The number of nitrogens with zero attached hydrogens (tertiary/aromatic N) is 2. The van der Waals surface area contributed by atoms with Crippen molar-refractivity contribution in [2.45, 2.75) is 39.6 Å². The highest BCUT2D eigenvalue weighted by atomic mass is 19.4. The minimum atomic E-state index is -4.71. The molecule has 0 amide bonds. The Labute approximate surface area is 153 Å². The molecule has 26 heavy (non-hydrogen) atoms. The number of benzene rings is 1. The van der Waals surface area contributed by atoms with Crippen LogP contribution in [0.15, 0.2) is 29.3 Å². The van der Waals surface area contributed by atoms with E-state index in [-0.39, 0.29) is 12.3 Å². The van der Waals surface area contributed by atoms with E-state index in [9.17, 15) is 13.2 Å². The van der Waals surface area contributed by atoms with E-state index in [0.717, 1.165) is 39.0 Å². The van der Waals surface area contributed by atoms with E-state index in [1.54, 1.807) is 19.2 Å². The number of hydrogen-bond acceptors (Lipinski definition) is 3. The van der Waals surface area contributed by atoms with Crippen molar-refractivity contribution in [3.05, 3.63) is 29.8 Å². The molecule has 1 aromatic carbocycles. The first kappa shape index (κ1) is 22.1. The van der Waals surface area contributed by atoms with E-state index >= 15 is 0 Å². The van der Waals surface area contributed by atoms with E-state index in [4.69, 9.17) is 0 Å². The van der Waals surface area contributed by atoms with Crippen molar-refractivity contribution in [2.24, 2.45) is 4.99 Å². The number of para-hydroxylation sites is 1. The van der Waals surface area contributed by atoms with Crippen LogP contribution in [-0.4, -0.2) is 50.4 Å². The van der Waals surface area contributed by atoms with Gasteiger partial charge in [-0.15, -0.1) is 13.2 Å². The Morgan fingerprint density at radius 3 is 2.42 bits per heavy atom. The van der Waals surface area contributed by atoms with Crippen LogP contribution in [0.1, 0.15) is 32.3 Å². The summed E-state index contributed by atoms with van der Waals surface area (Å²) in [4.78, 5) is 6.46. The fraction of sp³-hybridized carbons (Fsp3) is 0.611. The van der Waals surface area contributed by atoms with E-state index in [1.807, 2.05) is 0 Å². The lowest BCUT2D eigenvalue weighted by Crippen LogP contribution is -2.37. The van der Waals surface area contributed by atoms with Crippen molar-refractivity contribution in [3.63, 3.8) is 0 Å².